The van der Waals surface area contributed by atoms with Crippen LogP contribution < -0.4 is 0 Å². The predicted molar refractivity (Wildman–Crippen MR) is 56.9 cm³/mol. The van der Waals surface area contributed by atoms with Crippen molar-refractivity contribution >= 4 is 0 Å². The second kappa shape index (κ2) is 7.14. The molecule has 1 atom stereocenters. The Balaban J connectivity index is 1.68. The van der Waals surface area contributed by atoms with E-state index < -0.39 is 0 Å². The molecule has 1 heteroatoms. The summed E-state index contributed by atoms with van der Waals surface area (Å²) in [5, 5.41) is 0. The van der Waals surface area contributed by atoms with E-state index in [1.807, 2.05) is 0 Å². The van der Waals surface area contributed by atoms with Gasteiger partial charge in [-0.1, -0.05) is 37.8 Å². The Morgan fingerprint density at radius 2 is 1.85 bits per heavy atom. The van der Waals surface area contributed by atoms with E-state index in [1.165, 1.54) is 44.9 Å². The van der Waals surface area contributed by atoms with Crippen LogP contribution in [-0.2, 0) is 4.74 Å². The highest BCUT2D eigenvalue weighted by Crippen LogP contribution is 2.17. The molecule has 0 N–H and O–H groups in total. The smallest absolute Gasteiger partial charge is 0.0810 e. The number of hydrogen-bond acceptors (Lipinski definition) is 1. The maximum Gasteiger partial charge on any atom is 0.0810 e. The normalized spacial score (nSPS) is 21.2. The van der Waals surface area contributed by atoms with E-state index in [2.05, 4.69) is 19.1 Å². The highest BCUT2D eigenvalue weighted by Gasteiger charge is 2.20. The molecule has 1 rings (SSSR count). The summed E-state index contributed by atoms with van der Waals surface area (Å²) >= 11 is 0. The molecular weight excluding hydrogens is 160 g/mol. The summed E-state index contributed by atoms with van der Waals surface area (Å²) in [5.74, 6) is 0. The summed E-state index contributed by atoms with van der Waals surface area (Å²) in [6.45, 7) is 3.12. The van der Waals surface area contributed by atoms with Crippen molar-refractivity contribution in [2.75, 3.05) is 6.61 Å². The minimum atomic E-state index is 0.642. The van der Waals surface area contributed by atoms with Gasteiger partial charge in [0.2, 0.25) is 0 Å². The molecule has 0 bridgehead atoms. The van der Waals surface area contributed by atoms with Crippen LogP contribution >= 0.6 is 0 Å². The third-order valence-corrected chi connectivity index (χ3v) is 2.53. The second-order valence-electron chi connectivity index (χ2n) is 3.87. The van der Waals surface area contributed by atoms with E-state index in [0.29, 0.717) is 6.10 Å². The molecular formula is C12H22O. The first-order valence-electron chi connectivity index (χ1n) is 5.66. The van der Waals surface area contributed by atoms with E-state index >= 15 is 0 Å². The Hall–Kier alpha value is -0.300. The molecule has 0 aliphatic carbocycles. The van der Waals surface area contributed by atoms with Gasteiger partial charge in [-0.2, -0.15) is 0 Å². The van der Waals surface area contributed by atoms with E-state index in [1.54, 1.807) is 0 Å². The number of ether oxygens (including phenoxy) is 1. The highest BCUT2D eigenvalue weighted by atomic mass is 16.6. The third-order valence-electron chi connectivity index (χ3n) is 2.53. The molecule has 0 amide bonds. The minimum absolute atomic E-state index is 0.642. The fraction of sp³-hybridized carbons (Fsp3) is 0.833. The van der Waals surface area contributed by atoms with Crippen molar-refractivity contribution in [3.05, 3.63) is 12.2 Å². The van der Waals surface area contributed by atoms with Crippen LogP contribution in [0, 0.1) is 0 Å². The van der Waals surface area contributed by atoms with Gasteiger partial charge in [0.1, 0.15) is 0 Å². The van der Waals surface area contributed by atoms with Crippen LogP contribution in [0.5, 0.6) is 0 Å². The summed E-state index contributed by atoms with van der Waals surface area (Å²) < 4.78 is 5.16. The van der Waals surface area contributed by atoms with Crippen LogP contribution in [0.25, 0.3) is 0 Å². The monoisotopic (exact) mass is 182 g/mol. The van der Waals surface area contributed by atoms with Crippen molar-refractivity contribution in [1.29, 1.82) is 0 Å². The first kappa shape index (κ1) is 10.8. The SMILES string of the molecule is C/C=C/CCCCCCCC1CO1. The van der Waals surface area contributed by atoms with Gasteiger partial charge < -0.3 is 4.74 Å². The molecule has 0 aromatic carbocycles. The fourth-order valence-corrected chi connectivity index (χ4v) is 1.57. The lowest BCUT2D eigenvalue weighted by Crippen LogP contribution is -1.85. The maximum atomic E-state index is 5.16. The number of unbranched alkanes of at least 4 members (excludes halogenated alkanes) is 5. The molecule has 1 saturated heterocycles. The number of hydrogen-bond donors (Lipinski definition) is 0. The van der Waals surface area contributed by atoms with E-state index in [-0.39, 0.29) is 0 Å². The van der Waals surface area contributed by atoms with Crippen LogP contribution in [0.3, 0.4) is 0 Å². The average Bonchev–Trinajstić information content (AvgIpc) is 2.93. The lowest BCUT2D eigenvalue weighted by Gasteiger charge is -1.98. The van der Waals surface area contributed by atoms with Crippen molar-refractivity contribution in [2.24, 2.45) is 0 Å². The zero-order valence-corrected chi connectivity index (χ0v) is 8.80. The summed E-state index contributed by atoms with van der Waals surface area (Å²) in [6.07, 6.45) is 14.6. The van der Waals surface area contributed by atoms with Crippen molar-refractivity contribution in [1.82, 2.24) is 0 Å². The summed E-state index contributed by atoms with van der Waals surface area (Å²) in [5.41, 5.74) is 0. The average molecular weight is 182 g/mol. The molecule has 1 aliphatic rings. The topological polar surface area (TPSA) is 12.5 Å². The minimum Gasteiger partial charge on any atom is -0.373 e. The fourth-order valence-electron chi connectivity index (χ4n) is 1.57. The zero-order valence-electron chi connectivity index (χ0n) is 8.80. The standard InChI is InChI=1S/C12H22O/c1-2-3-4-5-6-7-8-9-10-12-11-13-12/h2-3,12H,4-11H2,1H3/b3-2+. The van der Waals surface area contributed by atoms with Crippen molar-refractivity contribution in [2.45, 2.75) is 58.0 Å². The summed E-state index contributed by atoms with van der Waals surface area (Å²) in [4.78, 5) is 0. The van der Waals surface area contributed by atoms with Crippen LogP contribution in [0.1, 0.15) is 51.9 Å². The first-order chi connectivity index (χ1) is 6.43. The molecule has 0 saturated carbocycles. The van der Waals surface area contributed by atoms with Gasteiger partial charge in [0.15, 0.2) is 0 Å². The molecule has 0 aromatic heterocycles. The quantitative estimate of drug-likeness (QED) is 0.317. The Labute approximate surface area is 82.2 Å². The molecule has 0 aromatic rings. The summed E-state index contributed by atoms with van der Waals surface area (Å²) in [7, 11) is 0. The highest BCUT2D eigenvalue weighted by molar-refractivity contribution is 4.76. The third kappa shape index (κ3) is 6.83. The number of allylic oxidation sites excluding steroid dienone is 2. The van der Waals surface area contributed by atoms with Crippen LogP contribution in [0.2, 0.25) is 0 Å². The molecule has 1 aliphatic heterocycles. The molecule has 1 nitrogen and oxygen atoms in total. The lowest BCUT2D eigenvalue weighted by atomic mass is 10.1. The Morgan fingerprint density at radius 1 is 1.15 bits per heavy atom. The largest absolute Gasteiger partial charge is 0.373 e. The van der Waals surface area contributed by atoms with E-state index in [9.17, 15) is 0 Å². The Bertz CT molecular complexity index is 136. The van der Waals surface area contributed by atoms with Gasteiger partial charge in [-0.15, -0.1) is 0 Å². The van der Waals surface area contributed by atoms with Gasteiger partial charge in [-0.05, 0) is 26.2 Å². The molecule has 1 heterocycles. The summed E-state index contributed by atoms with van der Waals surface area (Å²) in [6, 6.07) is 0. The van der Waals surface area contributed by atoms with Crippen LogP contribution in [0.4, 0.5) is 0 Å². The van der Waals surface area contributed by atoms with Gasteiger partial charge in [0.05, 0.1) is 12.7 Å². The Kier molecular flexibility index (Phi) is 5.92. The van der Waals surface area contributed by atoms with Gasteiger partial charge in [0.25, 0.3) is 0 Å². The van der Waals surface area contributed by atoms with Crippen molar-refractivity contribution < 1.29 is 4.74 Å². The number of epoxide rings is 1. The molecule has 0 spiro atoms. The van der Waals surface area contributed by atoms with Gasteiger partial charge >= 0.3 is 0 Å². The predicted octanol–water partition coefficient (Wildman–Crippen LogP) is 3.69. The Morgan fingerprint density at radius 3 is 2.54 bits per heavy atom. The van der Waals surface area contributed by atoms with Crippen molar-refractivity contribution in [3.63, 3.8) is 0 Å². The molecule has 1 fully saturated rings. The maximum absolute atomic E-state index is 5.16. The van der Waals surface area contributed by atoms with Crippen LogP contribution in [0.15, 0.2) is 12.2 Å². The zero-order chi connectivity index (χ0) is 9.36. The van der Waals surface area contributed by atoms with E-state index in [4.69, 9.17) is 4.74 Å². The van der Waals surface area contributed by atoms with Crippen molar-refractivity contribution in [3.8, 4) is 0 Å². The lowest BCUT2D eigenvalue weighted by molar-refractivity contribution is 0.387. The molecule has 1 unspecified atom stereocenters. The number of rotatable bonds is 8. The molecule has 13 heavy (non-hydrogen) atoms. The first-order valence-corrected chi connectivity index (χ1v) is 5.66. The molecule has 0 radical (unpaired) electrons. The van der Waals surface area contributed by atoms with Gasteiger partial charge in [-0.25, -0.2) is 0 Å². The van der Waals surface area contributed by atoms with E-state index in [0.717, 1.165) is 6.61 Å². The second-order valence-corrected chi connectivity index (χ2v) is 3.87. The van der Waals surface area contributed by atoms with Gasteiger partial charge in [0, 0.05) is 0 Å². The molecule has 76 valence electrons. The van der Waals surface area contributed by atoms with Gasteiger partial charge in [-0.3, -0.25) is 0 Å². The van der Waals surface area contributed by atoms with Crippen LogP contribution in [-0.4, -0.2) is 12.7 Å².